The number of hydrogen-bond acceptors (Lipinski definition) is 5. The van der Waals surface area contributed by atoms with E-state index >= 15 is 0 Å². The highest BCUT2D eigenvalue weighted by Gasteiger charge is 2.27. The SMILES string of the molecule is COc1ccc(N(CCC(=O)Nc2cccnc2)S(=O)(=O)c2ccc(C)cc2C)cc1. The van der Waals surface area contributed by atoms with E-state index in [0.717, 1.165) is 5.56 Å². The molecule has 0 radical (unpaired) electrons. The van der Waals surface area contributed by atoms with Crippen molar-refractivity contribution in [2.75, 3.05) is 23.3 Å². The lowest BCUT2D eigenvalue weighted by Gasteiger charge is -2.25. The van der Waals surface area contributed by atoms with E-state index in [2.05, 4.69) is 10.3 Å². The van der Waals surface area contributed by atoms with E-state index in [0.29, 0.717) is 22.7 Å². The summed E-state index contributed by atoms with van der Waals surface area (Å²) in [6, 6.07) is 15.3. The highest BCUT2D eigenvalue weighted by molar-refractivity contribution is 7.92. The first-order valence-electron chi connectivity index (χ1n) is 9.75. The van der Waals surface area contributed by atoms with Crippen LogP contribution in [0.1, 0.15) is 17.5 Å². The predicted molar refractivity (Wildman–Crippen MR) is 121 cm³/mol. The highest BCUT2D eigenvalue weighted by atomic mass is 32.2. The Kier molecular flexibility index (Phi) is 6.91. The van der Waals surface area contributed by atoms with Gasteiger partial charge in [0.15, 0.2) is 0 Å². The summed E-state index contributed by atoms with van der Waals surface area (Å²) in [5.74, 6) is 0.310. The average Bonchev–Trinajstić information content (AvgIpc) is 2.74. The largest absolute Gasteiger partial charge is 0.497 e. The number of benzene rings is 2. The van der Waals surface area contributed by atoms with Gasteiger partial charge in [0.2, 0.25) is 5.91 Å². The van der Waals surface area contributed by atoms with Crippen LogP contribution in [0.3, 0.4) is 0 Å². The van der Waals surface area contributed by atoms with E-state index in [1.165, 1.54) is 10.5 Å². The van der Waals surface area contributed by atoms with Crippen LogP contribution in [0, 0.1) is 13.8 Å². The van der Waals surface area contributed by atoms with Crippen LogP contribution in [-0.4, -0.2) is 33.0 Å². The molecule has 0 aliphatic rings. The Bertz CT molecular complexity index is 1150. The van der Waals surface area contributed by atoms with Crippen LogP contribution in [0.4, 0.5) is 11.4 Å². The third-order valence-electron chi connectivity index (χ3n) is 4.75. The van der Waals surface area contributed by atoms with Crippen LogP contribution in [0.25, 0.3) is 0 Å². The lowest BCUT2D eigenvalue weighted by molar-refractivity contribution is -0.116. The van der Waals surface area contributed by atoms with Crippen LogP contribution < -0.4 is 14.4 Å². The van der Waals surface area contributed by atoms with Gasteiger partial charge in [0.05, 0.1) is 29.6 Å². The molecule has 3 aromatic rings. The molecule has 3 rings (SSSR count). The number of methoxy groups -OCH3 is 1. The van der Waals surface area contributed by atoms with Crippen molar-refractivity contribution in [3.8, 4) is 5.75 Å². The first kappa shape index (κ1) is 22.3. The van der Waals surface area contributed by atoms with Gasteiger partial charge in [-0.2, -0.15) is 0 Å². The molecule has 31 heavy (non-hydrogen) atoms. The monoisotopic (exact) mass is 439 g/mol. The quantitative estimate of drug-likeness (QED) is 0.574. The predicted octanol–water partition coefficient (Wildman–Crippen LogP) is 3.93. The number of carbonyl (C=O) groups excluding carboxylic acids is 1. The molecule has 0 saturated carbocycles. The normalized spacial score (nSPS) is 11.1. The fourth-order valence-electron chi connectivity index (χ4n) is 3.21. The summed E-state index contributed by atoms with van der Waals surface area (Å²) in [6.07, 6.45) is 3.12. The topological polar surface area (TPSA) is 88.6 Å². The first-order valence-corrected chi connectivity index (χ1v) is 11.2. The molecule has 2 aromatic carbocycles. The summed E-state index contributed by atoms with van der Waals surface area (Å²) in [7, 11) is -2.35. The summed E-state index contributed by atoms with van der Waals surface area (Å²) in [5.41, 5.74) is 2.64. The van der Waals surface area contributed by atoms with Gasteiger partial charge in [-0.05, 0) is 61.9 Å². The van der Waals surface area contributed by atoms with E-state index in [9.17, 15) is 13.2 Å². The van der Waals surface area contributed by atoms with Gasteiger partial charge in [-0.15, -0.1) is 0 Å². The Morgan fingerprint density at radius 3 is 2.45 bits per heavy atom. The van der Waals surface area contributed by atoms with Crippen LogP contribution in [0.2, 0.25) is 0 Å². The summed E-state index contributed by atoms with van der Waals surface area (Å²) in [5, 5.41) is 2.73. The van der Waals surface area contributed by atoms with Gasteiger partial charge < -0.3 is 10.1 Å². The molecule has 0 spiro atoms. The molecule has 162 valence electrons. The maximum absolute atomic E-state index is 13.5. The Hall–Kier alpha value is -3.39. The molecule has 8 heteroatoms. The van der Waals surface area contributed by atoms with Crippen molar-refractivity contribution in [2.45, 2.75) is 25.2 Å². The van der Waals surface area contributed by atoms with Gasteiger partial charge in [0, 0.05) is 19.2 Å². The number of anilines is 2. The second kappa shape index (κ2) is 9.61. The van der Waals surface area contributed by atoms with Crippen LogP contribution in [-0.2, 0) is 14.8 Å². The third kappa shape index (κ3) is 5.40. The molecule has 0 aliphatic heterocycles. The van der Waals surface area contributed by atoms with Crippen molar-refractivity contribution in [1.82, 2.24) is 4.98 Å². The van der Waals surface area contributed by atoms with Crippen molar-refractivity contribution in [2.24, 2.45) is 0 Å². The third-order valence-corrected chi connectivity index (χ3v) is 6.73. The van der Waals surface area contributed by atoms with Gasteiger partial charge in [0.25, 0.3) is 10.0 Å². The van der Waals surface area contributed by atoms with Gasteiger partial charge in [-0.25, -0.2) is 8.42 Å². The summed E-state index contributed by atoms with van der Waals surface area (Å²) < 4.78 is 33.5. The molecule has 0 unspecified atom stereocenters. The molecule has 0 aliphatic carbocycles. The maximum Gasteiger partial charge on any atom is 0.264 e. The molecule has 7 nitrogen and oxygen atoms in total. The summed E-state index contributed by atoms with van der Waals surface area (Å²) in [6.45, 7) is 3.66. The summed E-state index contributed by atoms with van der Waals surface area (Å²) >= 11 is 0. The number of pyridine rings is 1. The lowest BCUT2D eigenvalue weighted by Crippen LogP contribution is -2.34. The van der Waals surface area contributed by atoms with Crippen molar-refractivity contribution >= 4 is 27.3 Å². The zero-order valence-corrected chi connectivity index (χ0v) is 18.5. The number of ether oxygens (including phenoxy) is 1. The standard InChI is InChI=1S/C23H25N3O4S/c1-17-6-11-22(18(2)15-17)31(28,29)26(20-7-9-21(30-3)10-8-20)14-12-23(27)25-19-5-4-13-24-16-19/h4-11,13,15-16H,12,14H2,1-3H3,(H,25,27). The van der Waals surface area contributed by atoms with E-state index in [1.54, 1.807) is 68.8 Å². The minimum Gasteiger partial charge on any atom is -0.497 e. The van der Waals surface area contributed by atoms with Gasteiger partial charge in [-0.1, -0.05) is 17.7 Å². The second-order valence-electron chi connectivity index (χ2n) is 7.08. The van der Waals surface area contributed by atoms with E-state index < -0.39 is 10.0 Å². The number of nitrogens with zero attached hydrogens (tertiary/aromatic N) is 2. The van der Waals surface area contributed by atoms with Crippen molar-refractivity contribution < 1.29 is 17.9 Å². The zero-order valence-electron chi connectivity index (χ0n) is 17.7. The van der Waals surface area contributed by atoms with Crippen LogP contribution in [0.15, 0.2) is 71.9 Å². The molecular weight excluding hydrogens is 414 g/mol. The van der Waals surface area contributed by atoms with Crippen LogP contribution >= 0.6 is 0 Å². The molecule has 1 amide bonds. The minimum atomic E-state index is -3.89. The number of nitrogens with one attached hydrogen (secondary N) is 1. The molecule has 0 bridgehead atoms. The van der Waals surface area contributed by atoms with Crippen LogP contribution in [0.5, 0.6) is 5.75 Å². The summed E-state index contributed by atoms with van der Waals surface area (Å²) in [4.78, 5) is 16.6. The number of aromatic nitrogens is 1. The van der Waals surface area contributed by atoms with Gasteiger partial charge in [0.1, 0.15) is 5.75 Å². The van der Waals surface area contributed by atoms with Crippen molar-refractivity contribution in [3.05, 3.63) is 78.1 Å². The Morgan fingerprint density at radius 1 is 1.10 bits per heavy atom. The smallest absolute Gasteiger partial charge is 0.264 e. The average molecular weight is 440 g/mol. The number of carbonyl (C=O) groups is 1. The van der Waals surface area contributed by atoms with Crippen molar-refractivity contribution in [3.63, 3.8) is 0 Å². The number of amides is 1. The molecule has 0 atom stereocenters. The first-order chi connectivity index (χ1) is 14.8. The Morgan fingerprint density at radius 2 is 1.84 bits per heavy atom. The van der Waals surface area contributed by atoms with Crippen molar-refractivity contribution in [1.29, 1.82) is 0 Å². The lowest BCUT2D eigenvalue weighted by atomic mass is 10.2. The van der Waals surface area contributed by atoms with E-state index in [4.69, 9.17) is 4.74 Å². The molecule has 1 aromatic heterocycles. The molecule has 1 N–H and O–H groups in total. The number of rotatable bonds is 8. The minimum absolute atomic E-state index is 0.0198. The van der Waals surface area contributed by atoms with Gasteiger partial charge >= 0.3 is 0 Å². The molecular formula is C23H25N3O4S. The Balaban J connectivity index is 1.89. The van der Waals surface area contributed by atoms with E-state index in [-0.39, 0.29) is 23.8 Å². The molecule has 1 heterocycles. The highest BCUT2D eigenvalue weighted by Crippen LogP contribution is 2.28. The second-order valence-corrected chi connectivity index (χ2v) is 8.91. The molecule has 0 fully saturated rings. The fraction of sp³-hybridized carbons (Fsp3) is 0.217. The fourth-order valence-corrected chi connectivity index (χ4v) is 4.88. The number of sulfonamides is 1. The van der Waals surface area contributed by atoms with Gasteiger partial charge in [-0.3, -0.25) is 14.1 Å². The molecule has 0 saturated heterocycles. The zero-order chi connectivity index (χ0) is 22.4. The maximum atomic E-state index is 13.5. The number of aryl methyl sites for hydroxylation is 2. The van der Waals surface area contributed by atoms with E-state index in [1.807, 2.05) is 13.0 Å². The Labute approximate surface area is 182 Å². The number of hydrogen-bond donors (Lipinski definition) is 1.